The van der Waals surface area contributed by atoms with Crippen LogP contribution in [0.5, 0.6) is 0 Å². The number of aryl methyl sites for hydroxylation is 1. The first kappa shape index (κ1) is 22.4. The highest BCUT2D eigenvalue weighted by Crippen LogP contribution is 2.41. The fourth-order valence-electron chi connectivity index (χ4n) is 5.09. The molecule has 5 heterocycles. The fourth-order valence-corrected chi connectivity index (χ4v) is 5.95. The number of rotatable bonds is 5. The maximum absolute atomic E-state index is 14.8. The molecule has 0 bridgehead atoms. The molecule has 4 aromatic rings. The summed E-state index contributed by atoms with van der Waals surface area (Å²) in [7, 11) is 0. The maximum Gasteiger partial charge on any atom is 0.229 e. The summed E-state index contributed by atoms with van der Waals surface area (Å²) in [5, 5.41) is 4.97. The van der Waals surface area contributed by atoms with E-state index in [0.717, 1.165) is 61.0 Å². The van der Waals surface area contributed by atoms with Crippen LogP contribution in [-0.4, -0.2) is 50.8 Å². The van der Waals surface area contributed by atoms with Gasteiger partial charge in [-0.25, -0.2) is 24.3 Å². The van der Waals surface area contributed by atoms with E-state index in [9.17, 15) is 4.39 Å². The number of benzene rings is 1. The molecule has 1 N–H and O–H groups in total. The molecule has 8 nitrogen and oxygen atoms in total. The smallest absolute Gasteiger partial charge is 0.229 e. The molecule has 0 amide bonds. The summed E-state index contributed by atoms with van der Waals surface area (Å²) in [5.74, 6) is 0.784. The Morgan fingerprint density at radius 3 is 2.63 bits per heavy atom. The first-order valence-electron chi connectivity index (χ1n) is 12.0. The second-order valence-corrected chi connectivity index (χ2v) is 10.8. The Morgan fingerprint density at radius 1 is 1.11 bits per heavy atom. The van der Waals surface area contributed by atoms with Crippen molar-refractivity contribution in [1.29, 1.82) is 0 Å². The fraction of sp³-hybridized carbons (Fsp3) is 0.440. The lowest BCUT2D eigenvalue weighted by atomic mass is 9.77. The zero-order valence-corrected chi connectivity index (χ0v) is 20.9. The molecule has 35 heavy (non-hydrogen) atoms. The van der Waals surface area contributed by atoms with Crippen molar-refractivity contribution in [2.45, 2.75) is 39.7 Å². The highest BCUT2D eigenvalue weighted by atomic mass is 32.1. The molecular formula is C25H28FN7OS. The van der Waals surface area contributed by atoms with Crippen LogP contribution >= 0.6 is 11.3 Å². The van der Waals surface area contributed by atoms with Crippen molar-refractivity contribution >= 4 is 38.5 Å². The second-order valence-electron chi connectivity index (χ2n) is 9.82. The molecule has 1 aromatic carbocycles. The van der Waals surface area contributed by atoms with Crippen LogP contribution in [0.4, 0.5) is 20.5 Å². The largest absolute Gasteiger partial charge is 0.380 e. The normalized spacial score (nSPS) is 17.3. The molecule has 0 saturated carbocycles. The van der Waals surface area contributed by atoms with Gasteiger partial charge in [-0.2, -0.15) is 0 Å². The zero-order valence-electron chi connectivity index (χ0n) is 20.1. The molecule has 2 saturated heterocycles. The number of fused-ring (bicyclic) bond motifs is 1. The lowest BCUT2D eigenvalue weighted by Crippen LogP contribution is -2.50. The van der Waals surface area contributed by atoms with Gasteiger partial charge < -0.3 is 14.2 Å². The Morgan fingerprint density at radius 2 is 1.91 bits per heavy atom. The predicted octanol–water partition coefficient (Wildman–Crippen LogP) is 5.34. The maximum atomic E-state index is 14.8. The molecule has 10 heteroatoms. The third-order valence-electron chi connectivity index (χ3n) is 7.06. The minimum Gasteiger partial charge on any atom is -0.380 e. The zero-order chi connectivity index (χ0) is 24.2. The van der Waals surface area contributed by atoms with Crippen LogP contribution in [0.2, 0.25) is 0 Å². The minimum atomic E-state index is -0.468. The van der Waals surface area contributed by atoms with Gasteiger partial charge in [-0.05, 0) is 45.7 Å². The van der Waals surface area contributed by atoms with Crippen LogP contribution in [0, 0.1) is 18.2 Å². The van der Waals surface area contributed by atoms with Gasteiger partial charge in [0, 0.05) is 30.1 Å². The number of nitrogens with one attached hydrogen (secondary N) is 1. The number of hydrogen-bond acceptors (Lipinski definition) is 8. The van der Waals surface area contributed by atoms with Crippen molar-refractivity contribution in [1.82, 2.24) is 24.5 Å². The number of hydrogen-bond donors (Lipinski definition) is 1. The van der Waals surface area contributed by atoms with E-state index in [2.05, 4.69) is 48.6 Å². The van der Waals surface area contributed by atoms with Crippen LogP contribution in [0.25, 0.3) is 22.3 Å². The minimum absolute atomic E-state index is 0.245. The Hall–Kier alpha value is -3.11. The highest BCUT2D eigenvalue weighted by molar-refractivity contribution is 7.19. The van der Waals surface area contributed by atoms with Gasteiger partial charge in [-0.1, -0.05) is 17.4 Å². The van der Waals surface area contributed by atoms with Crippen LogP contribution in [-0.2, 0) is 4.74 Å². The van der Waals surface area contributed by atoms with Crippen molar-refractivity contribution < 1.29 is 9.13 Å². The third kappa shape index (κ3) is 4.04. The first-order chi connectivity index (χ1) is 16.9. The van der Waals surface area contributed by atoms with Gasteiger partial charge in [0.05, 0.1) is 36.6 Å². The molecule has 1 spiro atoms. The molecule has 2 aliphatic rings. The van der Waals surface area contributed by atoms with E-state index in [1.54, 1.807) is 11.3 Å². The number of aromatic nitrogens is 5. The lowest BCUT2D eigenvalue weighted by Gasteiger charge is -2.47. The van der Waals surface area contributed by atoms with Crippen molar-refractivity contribution in [3.63, 3.8) is 0 Å². The average molecular weight is 494 g/mol. The number of nitrogens with zero attached hydrogens (tertiary/aromatic N) is 6. The number of halogens is 1. The Balaban J connectivity index is 1.23. The van der Waals surface area contributed by atoms with Gasteiger partial charge >= 0.3 is 0 Å². The number of thiazole rings is 1. The van der Waals surface area contributed by atoms with Crippen LogP contribution < -0.4 is 10.2 Å². The third-order valence-corrected chi connectivity index (χ3v) is 8.04. The molecule has 0 aliphatic carbocycles. The summed E-state index contributed by atoms with van der Waals surface area (Å²) < 4.78 is 22.4. The molecule has 0 unspecified atom stereocenters. The number of piperidine rings is 1. The highest BCUT2D eigenvalue weighted by Gasteiger charge is 2.41. The quantitative estimate of drug-likeness (QED) is 0.402. The lowest BCUT2D eigenvalue weighted by molar-refractivity contribution is -0.124. The van der Waals surface area contributed by atoms with Gasteiger partial charge in [0.1, 0.15) is 16.5 Å². The molecule has 182 valence electrons. The summed E-state index contributed by atoms with van der Waals surface area (Å²) in [4.78, 5) is 20.2. The van der Waals surface area contributed by atoms with Gasteiger partial charge in [-0.3, -0.25) is 5.32 Å². The molecule has 3 aromatic heterocycles. The van der Waals surface area contributed by atoms with E-state index >= 15 is 0 Å². The number of imidazole rings is 1. The first-order valence-corrected chi connectivity index (χ1v) is 12.8. The Bertz CT molecular complexity index is 1380. The van der Waals surface area contributed by atoms with E-state index in [-0.39, 0.29) is 11.7 Å². The molecule has 2 aliphatic heterocycles. The number of ether oxygens (including phenoxy) is 1. The van der Waals surface area contributed by atoms with E-state index < -0.39 is 5.82 Å². The topological polar surface area (TPSA) is 81.0 Å². The standard InChI is InChI=1S/C25H28FN7OS/c1-15(2)33-16(3)29-19-5-4-17(10-20(19)33)22-18(26)11-27-23(30-22)31-24-28-12-21(35-24)32-8-6-25(7-9-32)13-34-14-25/h4-5,10-12,15H,6-9,13-14H2,1-3H3,(H,27,28,30,31). The van der Waals surface area contributed by atoms with E-state index in [1.165, 1.54) is 6.20 Å². The summed E-state index contributed by atoms with van der Waals surface area (Å²) in [5.41, 5.74) is 3.18. The van der Waals surface area contributed by atoms with E-state index in [1.807, 2.05) is 31.3 Å². The summed E-state index contributed by atoms with van der Waals surface area (Å²) in [6.45, 7) is 10.0. The second kappa shape index (κ2) is 8.53. The van der Waals surface area contributed by atoms with Crippen LogP contribution in [0.15, 0.2) is 30.6 Å². The summed E-state index contributed by atoms with van der Waals surface area (Å²) in [6, 6.07) is 5.96. The van der Waals surface area contributed by atoms with Gasteiger partial charge in [-0.15, -0.1) is 0 Å². The molecule has 6 rings (SSSR count). The SMILES string of the molecule is Cc1nc2ccc(-c3nc(Nc4ncc(N5CCC6(CC5)COC6)s4)ncc3F)cc2n1C(C)C. The van der Waals surface area contributed by atoms with Gasteiger partial charge in [0.25, 0.3) is 0 Å². The molecule has 0 radical (unpaired) electrons. The van der Waals surface area contributed by atoms with Crippen LogP contribution in [0.3, 0.4) is 0 Å². The van der Waals surface area contributed by atoms with E-state index in [0.29, 0.717) is 22.1 Å². The van der Waals surface area contributed by atoms with Crippen LogP contribution in [0.1, 0.15) is 38.6 Å². The summed E-state index contributed by atoms with van der Waals surface area (Å²) in [6.07, 6.45) is 5.39. The van der Waals surface area contributed by atoms with Crippen molar-refractivity contribution in [3.05, 3.63) is 42.2 Å². The monoisotopic (exact) mass is 493 g/mol. The van der Waals surface area contributed by atoms with Crippen molar-refractivity contribution in [2.24, 2.45) is 5.41 Å². The van der Waals surface area contributed by atoms with Gasteiger partial charge in [0.2, 0.25) is 5.95 Å². The number of anilines is 3. The molecule has 2 fully saturated rings. The molecule has 0 atom stereocenters. The predicted molar refractivity (Wildman–Crippen MR) is 136 cm³/mol. The Kier molecular flexibility index (Phi) is 5.45. The molecular weight excluding hydrogens is 465 g/mol. The van der Waals surface area contributed by atoms with Crippen molar-refractivity contribution in [3.8, 4) is 11.3 Å². The van der Waals surface area contributed by atoms with Crippen molar-refractivity contribution in [2.75, 3.05) is 36.5 Å². The average Bonchev–Trinajstić information content (AvgIpc) is 3.42. The van der Waals surface area contributed by atoms with Gasteiger partial charge in [0.15, 0.2) is 10.9 Å². The Labute approximate surface area is 207 Å². The van der Waals surface area contributed by atoms with E-state index in [4.69, 9.17) is 4.74 Å². The summed E-state index contributed by atoms with van der Waals surface area (Å²) >= 11 is 1.56.